The van der Waals surface area contributed by atoms with Crippen LogP contribution in [0.1, 0.15) is 25.3 Å². The lowest BCUT2D eigenvalue weighted by Crippen LogP contribution is -2.00. The molecule has 0 saturated carbocycles. The summed E-state index contributed by atoms with van der Waals surface area (Å²) in [5, 5.41) is 7.85. The van der Waals surface area contributed by atoms with Crippen molar-refractivity contribution in [1.82, 2.24) is 15.0 Å². The van der Waals surface area contributed by atoms with E-state index in [4.69, 9.17) is 0 Å². The summed E-state index contributed by atoms with van der Waals surface area (Å²) in [4.78, 5) is 0. The average molecular weight is 457 g/mol. The summed E-state index contributed by atoms with van der Waals surface area (Å²) in [6.07, 6.45) is 7.12. The van der Waals surface area contributed by atoms with Crippen molar-refractivity contribution in [3.05, 3.63) is 42.2 Å². The number of halogens is 2. The first-order valence-electron chi connectivity index (χ1n) is 5.36. The molecule has 0 aliphatic heterocycles. The van der Waals surface area contributed by atoms with Crippen molar-refractivity contribution >= 4 is 48.0 Å². The molecule has 0 atom stereocenters. The minimum Gasteiger partial charge on any atom is -0.220 e. The van der Waals surface area contributed by atoms with Gasteiger partial charge in [-0.1, -0.05) is 36.8 Å². The fraction of sp³-hybridized carbons (Fsp3) is 0.333. The third-order valence-electron chi connectivity index (χ3n) is 2.46. The highest BCUT2D eigenvalue weighted by Gasteiger charge is 2.03. The molecule has 0 N–H and O–H groups in total. The molecule has 1 aromatic heterocycles. The van der Waals surface area contributed by atoms with Crippen molar-refractivity contribution in [2.24, 2.45) is 0 Å². The Morgan fingerprint density at radius 3 is 2.59 bits per heavy atom. The lowest BCUT2D eigenvalue weighted by Gasteiger charge is -2.07. The summed E-state index contributed by atoms with van der Waals surface area (Å²) >= 11 is 0. The number of para-hydroxylation sites is 1. The summed E-state index contributed by atoms with van der Waals surface area (Å²) < 4.78 is 1.82. The lowest BCUT2D eigenvalue weighted by molar-refractivity contribution is 0.760. The summed E-state index contributed by atoms with van der Waals surface area (Å²) in [7, 11) is 0. The Labute approximate surface area is 136 Å². The van der Waals surface area contributed by atoms with Crippen LogP contribution in [0.2, 0.25) is 0 Å². The van der Waals surface area contributed by atoms with Crippen LogP contribution < -0.4 is 0 Å². The molecule has 0 radical (unpaired) electrons. The maximum atomic E-state index is 4.02. The molecular formula is C12H17I2N3. The molecule has 1 aromatic carbocycles. The van der Waals surface area contributed by atoms with E-state index in [0.29, 0.717) is 0 Å². The molecule has 0 fully saturated rings. The molecule has 0 amide bonds. The van der Waals surface area contributed by atoms with Crippen LogP contribution in [-0.4, -0.2) is 15.0 Å². The zero-order chi connectivity index (χ0) is 10.5. The van der Waals surface area contributed by atoms with E-state index in [0.717, 1.165) is 12.1 Å². The Hall–Kier alpha value is -0.180. The second kappa shape index (κ2) is 8.84. The SMILES string of the molecule is CCCCc1ccccc1-n1ccnn1.I.I. The molecule has 0 bridgehead atoms. The predicted molar refractivity (Wildman–Crippen MR) is 90.8 cm³/mol. The number of hydrogen-bond donors (Lipinski definition) is 0. The number of nitrogens with zero attached hydrogens (tertiary/aromatic N) is 3. The van der Waals surface area contributed by atoms with Crippen LogP contribution in [0.4, 0.5) is 0 Å². The lowest BCUT2D eigenvalue weighted by atomic mass is 10.1. The smallest absolute Gasteiger partial charge is 0.0697 e. The van der Waals surface area contributed by atoms with E-state index < -0.39 is 0 Å². The topological polar surface area (TPSA) is 30.7 Å². The summed E-state index contributed by atoms with van der Waals surface area (Å²) in [6, 6.07) is 8.35. The van der Waals surface area contributed by atoms with E-state index in [1.165, 1.54) is 18.4 Å². The summed E-state index contributed by atoms with van der Waals surface area (Å²) in [6.45, 7) is 2.21. The van der Waals surface area contributed by atoms with E-state index in [2.05, 4.69) is 35.4 Å². The quantitative estimate of drug-likeness (QED) is 0.654. The highest BCUT2D eigenvalue weighted by molar-refractivity contribution is 14.0. The van der Waals surface area contributed by atoms with Crippen LogP contribution in [0.3, 0.4) is 0 Å². The van der Waals surface area contributed by atoms with Crippen LogP contribution in [0.15, 0.2) is 36.7 Å². The molecule has 94 valence electrons. The van der Waals surface area contributed by atoms with Crippen LogP contribution in [0.5, 0.6) is 0 Å². The normalized spacial score (nSPS) is 9.24. The number of unbranched alkanes of at least 4 members (excludes halogenated alkanes) is 1. The fourth-order valence-electron chi connectivity index (χ4n) is 1.65. The largest absolute Gasteiger partial charge is 0.220 e. The van der Waals surface area contributed by atoms with Gasteiger partial charge in [-0.25, -0.2) is 4.68 Å². The van der Waals surface area contributed by atoms with E-state index in [1.54, 1.807) is 6.20 Å². The minimum absolute atomic E-state index is 0. The third kappa shape index (κ3) is 4.53. The van der Waals surface area contributed by atoms with Gasteiger partial charge in [0, 0.05) is 0 Å². The molecule has 5 heteroatoms. The highest BCUT2D eigenvalue weighted by Crippen LogP contribution is 2.15. The zero-order valence-corrected chi connectivity index (χ0v) is 14.4. The highest BCUT2D eigenvalue weighted by atomic mass is 127. The first-order valence-corrected chi connectivity index (χ1v) is 5.36. The zero-order valence-electron chi connectivity index (χ0n) is 9.74. The van der Waals surface area contributed by atoms with Crippen molar-refractivity contribution in [3.63, 3.8) is 0 Å². The van der Waals surface area contributed by atoms with Gasteiger partial charge in [0.1, 0.15) is 0 Å². The molecule has 2 rings (SSSR count). The number of aromatic nitrogens is 3. The molecule has 0 unspecified atom stereocenters. The number of hydrogen-bond acceptors (Lipinski definition) is 2. The predicted octanol–water partition coefficient (Wildman–Crippen LogP) is 3.85. The van der Waals surface area contributed by atoms with Gasteiger partial charge in [-0.2, -0.15) is 0 Å². The van der Waals surface area contributed by atoms with E-state index in [9.17, 15) is 0 Å². The van der Waals surface area contributed by atoms with Gasteiger partial charge in [-0.3, -0.25) is 0 Å². The number of aryl methyl sites for hydroxylation is 1. The first kappa shape index (κ1) is 16.8. The van der Waals surface area contributed by atoms with Crippen LogP contribution >= 0.6 is 48.0 Å². The van der Waals surface area contributed by atoms with Crippen molar-refractivity contribution in [2.75, 3.05) is 0 Å². The van der Waals surface area contributed by atoms with Crippen molar-refractivity contribution in [3.8, 4) is 5.69 Å². The van der Waals surface area contributed by atoms with Crippen LogP contribution in [-0.2, 0) is 6.42 Å². The standard InChI is InChI=1S/C12H15N3.2HI/c1-2-3-6-11-7-4-5-8-12(11)15-10-9-13-14-15;;/h4-5,7-10H,2-3,6H2,1H3;2*1H. The van der Waals surface area contributed by atoms with E-state index in [1.807, 2.05) is 16.9 Å². The van der Waals surface area contributed by atoms with Gasteiger partial charge in [-0.05, 0) is 24.5 Å². The molecule has 2 aromatic rings. The van der Waals surface area contributed by atoms with E-state index in [-0.39, 0.29) is 48.0 Å². The number of rotatable bonds is 4. The Balaban J connectivity index is 0.00000128. The molecular weight excluding hydrogens is 440 g/mol. The van der Waals surface area contributed by atoms with E-state index >= 15 is 0 Å². The third-order valence-corrected chi connectivity index (χ3v) is 2.46. The van der Waals surface area contributed by atoms with Crippen LogP contribution in [0, 0.1) is 0 Å². The van der Waals surface area contributed by atoms with Crippen LogP contribution in [0.25, 0.3) is 5.69 Å². The van der Waals surface area contributed by atoms with Gasteiger partial charge in [0.05, 0.1) is 18.1 Å². The molecule has 0 saturated heterocycles. The fourth-order valence-corrected chi connectivity index (χ4v) is 1.65. The Morgan fingerprint density at radius 1 is 1.18 bits per heavy atom. The van der Waals surface area contributed by atoms with Gasteiger partial charge in [0.2, 0.25) is 0 Å². The summed E-state index contributed by atoms with van der Waals surface area (Å²) in [5.74, 6) is 0. The van der Waals surface area contributed by atoms with Crippen molar-refractivity contribution in [2.45, 2.75) is 26.2 Å². The molecule has 1 heterocycles. The maximum absolute atomic E-state index is 4.02. The molecule has 0 spiro atoms. The molecule has 0 aliphatic rings. The Bertz CT molecular complexity index is 415. The minimum atomic E-state index is 0. The van der Waals surface area contributed by atoms with Crippen molar-refractivity contribution in [1.29, 1.82) is 0 Å². The monoisotopic (exact) mass is 457 g/mol. The van der Waals surface area contributed by atoms with Gasteiger partial charge in [-0.15, -0.1) is 53.1 Å². The second-order valence-electron chi connectivity index (χ2n) is 3.58. The molecule has 3 nitrogen and oxygen atoms in total. The Kier molecular flexibility index (Phi) is 8.75. The molecule has 17 heavy (non-hydrogen) atoms. The van der Waals surface area contributed by atoms with Gasteiger partial charge in [0.15, 0.2) is 0 Å². The average Bonchev–Trinajstić information content (AvgIpc) is 2.80. The van der Waals surface area contributed by atoms with Gasteiger partial charge >= 0.3 is 0 Å². The van der Waals surface area contributed by atoms with Gasteiger partial charge in [0.25, 0.3) is 0 Å². The molecule has 0 aliphatic carbocycles. The maximum Gasteiger partial charge on any atom is 0.0697 e. The van der Waals surface area contributed by atoms with Gasteiger partial charge < -0.3 is 0 Å². The summed E-state index contributed by atoms with van der Waals surface area (Å²) in [5.41, 5.74) is 2.48. The first-order chi connectivity index (χ1) is 7.42. The van der Waals surface area contributed by atoms with Crippen molar-refractivity contribution < 1.29 is 0 Å². The Morgan fingerprint density at radius 2 is 1.94 bits per heavy atom. The number of benzene rings is 1. The second-order valence-corrected chi connectivity index (χ2v) is 3.58.